The van der Waals surface area contributed by atoms with Crippen molar-refractivity contribution in [2.75, 3.05) is 0 Å². The molecule has 0 unspecified atom stereocenters. The van der Waals surface area contributed by atoms with Crippen LogP contribution in [0.1, 0.15) is 36.5 Å². The number of Topliss-reactive ketones (excluding diaryl/α,β-unsaturated/α-hetero) is 2. The van der Waals surface area contributed by atoms with Crippen molar-refractivity contribution < 1.29 is 9.59 Å². The first-order valence-corrected chi connectivity index (χ1v) is 4.69. The van der Waals surface area contributed by atoms with E-state index < -0.39 is 0 Å². The molecule has 0 aliphatic rings. The minimum atomic E-state index is 0. The minimum Gasteiger partial charge on any atom is -0.300 e. The molecule has 1 rings (SSSR count). The molecule has 2 nitrogen and oxygen atoms in total. The van der Waals surface area contributed by atoms with Gasteiger partial charge in [-0.1, -0.05) is 24.3 Å². The van der Waals surface area contributed by atoms with Gasteiger partial charge in [-0.25, -0.2) is 0 Å². The smallest absolute Gasteiger partial charge is 0.187 e. The van der Waals surface area contributed by atoms with Crippen LogP contribution in [0.5, 0.6) is 0 Å². The van der Waals surface area contributed by atoms with E-state index in [9.17, 15) is 9.59 Å². The lowest BCUT2D eigenvalue weighted by molar-refractivity contribution is -0.117. The molecule has 0 spiro atoms. The van der Waals surface area contributed by atoms with Gasteiger partial charge in [0, 0.05) is 18.4 Å². The summed E-state index contributed by atoms with van der Waals surface area (Å²) >= 11 is 0. The van der Waals surface area contributed by atoms with Crippen LogP contribution < -0.4 is 0 Å². The Kier molecular flexibility index (Phi) is 6.95. The zero-order valence-electron chi connectivity index (χ0n) is 8.25. The molecule has 15 heavy (non-hydrogen) atoms. The molecule has 0 bridgehead atoms. The van der Waals surface area contributed by atoms with Crippen molar-refractivity contribution >= 4 is 28.9 Å². The highest BCUT2D eigenvalue weighted by Gasteiger charge is 2.04. The van der Waals surface area contributed by atoms with E-state index in [0.717, 1.165) is 0 Å². The molecule has 3 heteroatoms. The Morgan fingerprint density at radius 1 is 1.20 bits per heavy atom. The monoisotopic (exact) mass is 219 g/mol. The molecule has 0 aliphatic carbocycles. The lowest BCUT2D eigenvalue weighted by Gasteiger charge is -1.98. The third-order valence-electron chi connectivity index (χ3n) is 1.97. The maximum absolute atomic E-state index is 11.5. The standard InChI is InChI=1S/C12H13O2.Al.3H/c1-10(13)6-5-9-12(14)11-7-3-2-4-8-11;;;;/h3-4,7-8H,5-6,9H2,1H3;;;;. The van der Waals surface area contributed by atoms with E-state index in [4.69, 9.17) is 0 Å². The van der Waals surface area contributed by atoms with Crippen LogP contribution in [0.25, 0.3) is 0 Å². The molecular formula is C12H16AlO2. The first kappa shape index (κ1) is 14.1. The van der Waals surface area contributed by atoms with Crippen molar-refractivity contribution in [2.45, 2.75) is 26.2 Å². The molecule has 1 aromatic carbocycles. The van der Waals surface area contributed by atoms with E-state index in [2.05, 4.69) is 6.07 Å². The average molecular weight is 219 g/mol. The molecule has 1 radical (unpaired) electrons. The Morgan fingerprint density at radius 3 is 2.33 bits per heavy atom. The van der Waals surface area contributed by atoms with Gasteiger partial charge in [0.05, 0.1) is 0 Å². The van der Waals surface area contributed by atoms with E-state index in [1.807, 2.05) is 0 Å². The van der Waals surface area contributed by atoms with Gasteiger partial charge >= 0.3 is 0 Å². The van der Waals surface area contributed by atoms with Crippen LogP contribution in [-0.4, -0.2) is 28.9 Å². The number of carbonyl (C=O) groups excluding carboxylic acids is 2. The summed E-state index contributed by atoms with van der Waals surface area (Å²) in [6.45, 7) is 1.54. The van der Waals surface area contributed by atoms with Crippen molar-refractivity contribution in [1.82, 2.24) is 0 Å². The van der Waals surface area contributed by atoms with Gasteiger partial charge in [0.2, 0.25) is 0 Å². The maximum Gasteiger partial charge on any atom is 0.187 e. The second-order valence-corrected chi connectivity index (χ2v) is 3.27. The van der Waals surface area contributed by atoms with E-state index in [1.54, 1.807) is 31.2 Å². The Hall–Kier alpha value is -0.908. The van der Waals surface area contributed by atoms with Crippen LogP contribution in [0.3, 0.4) is 0 Å². The largest absolute Gasteiger partial charge is 0.300 e. The van der Waals surface area contributed by atoms with E-state index >= 15 is 0 Å². The van der Waals surface area contributed by atoms with Crippen LogP contribution in [0.2, 0.25) is 0 Å². The summed E-state index contributed by atoms with van der Waals surface area (Å²) in [4.78, 5) is 22.1. The number of ketones is 2. The molecule has 79 valence electrons. The SMILES string of the molecule is CC(=O)CCCC(=O)c1cc[c]cc1.[AlH3]. The molecule has 0 fully saturated rings. The van der Waals surface area contributed by atoms with Gasteiger partial charge in [-0.2, -0.15) is 0 Å². The molecule has 0 aliphatic heterocycles. The van der Waals surface area contributed by atoms with Crippen molar-refractivity contribution in [1.29, 1.82) is 0 Å². The first-order valence-electron chi connectivity index (χ1n) is 4.69. The van der Waals surface area contributed by atoms with Crippen LogP contribution in [0, 0.1) is 6.07 Å². The predicted octanol–water partition coefficient (Wildman–Crippen LogP) is 1.24. The quantitative estimate of drug-likeness (QED) is 0.551. The number of hydrogen-bond donors (Lipinski definition) is 0. The van der Waals surface area contributed by atoms with Crippen LogP contribution in [-0.2, 0) is 4.79 Å². The Balaban J connectivity index is 0.00000196. The summed E-state index contributed by atoms with van der Waals surface area (Å²) in [5, 5.41) is 0. The predicted molar refractivity (Wildman–Crippen MR) is 64.1 cm³/mol. The van der Waals surface area contributed by atoms with Crippen LogP contribution in [0.15, 0.2) is 24.3 Å². The number of hydrogen-bond acceptors (Lipinski definition) is 2. The van der Waals surface area contributed by atoms with Gasteiger partial charge in [-0.15, -0.1) is 0 Å². The molecule has 0 amide bonds. The lowest BCUT2D eigenvalue weighted by Crippen LogP contribution is -2.00. The molecule has 0 saturated carbocycles. The second kappa shape index (κ2) is 7.39. The minimum absolute atomic E-state index is 0. The fourth-order valence-electron chi connectivity index (χ4n) is 1.22. The summed E-state index contributed by atoms with van der Waals surface area (Å²) in [6, 6.07) is 9.79. The fourth-order valence-corrected chi connectivity index (χ4v) is 1.22. The van der Waals surface area contributed by atoms with Crippen LogP contribution in [0.4, 0.5) is 0 Å². The second-order valence-electron chi connectivity index (χ2n) is 3.27. The van der Waals surface area contributed by atoms with Crippen molar-refractivity contribution in [3.63, 3.8) is 0 Å². The lowest BCUT2D eigenvalue weighted by atomic mass is 10.0. The van der Waals surface area contributed by atoms with Crippen molar-refractivity contribution in [3.8, 4) is 0 Å². The van der Waals surface area contributed by atoms with E-state index in [0.29, 0.717) is 24.8 Å². The molecule has 0 atom stereocenters. The first-order chi connectivity index (χ1) is 6.70. The summed E-state index contributed by atoms with van der Waals surface area (Å²) < 4.78 is 0. The normalized spacial score (nSPS) is 9.13. The highest BCUT2D eigenvalue weighted by molar-refractivity contribution is 5.96. The maximum atomic E-state index is 11.5. The highest BCUT2D eigenvalue weighted by Crippen LogP contribution is 2.06. The third kappa shape index (κ3) is 5.51. The summed E-state index contributed by atoms with van der Waals surface area (Å²) in [7, 11) is 0. The summed E-state index contributed by atoms with van der Waals surface area (Å²) in [5.41, 5.74) is 0.701. The van der Waals surface area contributed by atoms with Gasteiger partial charge in [0.25, 0.3) is 0 Å². The van der Waals surface area contributed by atoms with Crippen molar-refractivity contribution in [3.05, 3.63) is 35.9 Å². The molecule has 1 aromatic rings. The molecule has 0 aromatic heterocycles. The molecule has 0 N–H and O–H groups in total. The average Bonchev–Trinajstić information content (AvgIpc) is 2.18. The molecular weight excluding hydrogens is 203 g/mol. The topological polar surface area (TPSA) is 34.1 Å². The van der Waals surface area contributed by atoms with Gasteiger partial charge in [0.1, 0.15) is 5.78 Å². The van der Waals surface area contributed by atoms with Gasteiger partial charge < -0.3 is 4.79 Å². The Labute approximate surface area is 101 Å². The van der Waals surface area contributed by atoms with E-state index in [1.165, 1.54) is 0 Å². The number of benzene rings is 1. The molecule has 0 saturated heterocycles. The Morgan fingerprint density at radius 2 is 1.80 bits per heavy atom. The third-order valence-corrected chi connectivity index (χ3v) is 1.97. The summed E-state index contributed by atoms with van der Waals surface area (Å²) in [5.74, 6) is 0.236. The van der Waals surface area contributed by atoms with E-state index in [-0.39, 0.29) is 28.9 Å². The molecule has 0 heterocycles. The van der Waals surface area contributed by atoms with Gasteiger partial charge in [-0.05, 0) is 19.4 Å². The Bertz CT molecular complexity index is 320. The van der Waals surface area contributed by atoms with Crippen molar-refractivity contribution in [2.24, 2.45) is 0 Å². The summed E-state index contributed by atoms with van der Waals surface area (Å²) in [6.07, 6.45) is 1.58. The number of rotatable bonds is 5. The fraction of sp³-hybridized carbons (Fsp3) is 0.333. The van der Waals surface area contributed by atoms with Gasteiger partial charge in [-0.3, -0.25) is 4.79 Å². The van der Waals surface area contributed by atoms with Crippen LogP contribution >= 0.6 is 0 Å². The van der Waals surface area contributed by atoms with Gasteiger partial charge in [0.15, 0.2) is 23.1 Å². The zero-order valence-corrected chi connectivity index (χ0v) is 8.25. The zero-order chi connectivity index (χ0) is 10.4. The highest BCUT2D eigenvalue weighted by atomic mass is 27.0. The number of carbonyl (C=O) groups is 2.